The Hall–Kier alpha value is -0.340. The van der Waals surface area contributed by atoms with Gasteiger partial charge in [0.25, 0.3) is 0 Å². The van der Waals surface area contributed by atoms with Crippen LogP contribution < -0.4 is 0 Å². The van der Waals surface area contributed by atoms with Crippen molar-refractivity contribution in [1.82, 2.24) is 0 Å². The van der Waals surface area contributed by atoms with Crippen molar-refractivity contribution >= 4 is 0 Å². The van der Waals surface area contributed by atoms with E-state index >= 15 is 0 Å². The zero-order valence-corrected chi connectivity index (χ0v) is 7.37. The molecule has 0 spiro atoms. The quantitative estimate of drug-likeness (QED) is 0.598. The van der Waals surface area contributed by atoms with Gasteiger partial charge in [-0.05, 0) is 19.3 Å². The molecular formula is C10H16O2. The van der Waals surface area contributed by atoms with E-state index in [1.54, 1.807) is 0 Å². The molecule has 2 heteroatoms. The second kappa shape index (κ2) is 3.58. The minimum Gasteiger partial charge on any atom is -0.375 e. The first-order chi connectivity index (χ1) is 5.92. The summed E-state index contributed by atoms with van der Waals surface area (Å²) in [7, 11) is 0. The molecule has 0 radical (unpaired) electrons. The number of hydrogen-bond acceptors (Lipinski definition) is 2. The van der Waals surface area contributed by atoms with Gasteiger partial charge in [0, 0.05) is 12.5 Å². The predicted molar refractivity (Wildman–Crippen MR) is 47.0 cm³/mol. The number of rotatable bonds is 3. The molecule has 0 aromatic carbocycles. The molecule has 2 nitrogen and oxygen atoms in total. The molecule has 12 heavy (non-hydrogen) atoms. The first-order valence-electron chi connectivity index (χ1n) is 4.76. The van der Waals surface area contributed by atoms with Crippen molar-refractivity contribution in [2.45, 2.75) is 31.5 Å². The van der Waals surface area contributed by atoms with Gasteiger partial charge >= 0.3 is 0 Å². The fourth-order valence-electron chi connectivity index (χ4n) is 2.13. The molecule has 2 aliphatic heterocycles. The van der Waals surface area contributed by atoms with Crippen LogP contribution in [-0.2, 0) is 9.47 Å². The normalized spacial score (nSPS) is 39.8. The molecule has 0 amide bonds. The Morgan fingerprint density at radius 3 is 3.17 bits per heavy atom. The highest BCUT2D eigenvalue weighted by molar-refractivity contribution is 4.89. The molecule has 3 atom stereocenters. The second-order valence-corrected chi connectivity index (χ2v) is 3.62. The molecular weight excluding hydrogens is 152 g/mol. The number of ether oxygens (including phenoxy) is 2. The fraction of sp³-hybridized carbons (Fsp3) is 0.800. The van der Waals surface area contributed by atoms with Crippen LogP contribution in [0.25, 0.3) is 0 Å². The number of hydrogen-bond donors (Lipinski definition) is 0. The lowest BCUT2D eigenvalue weighted by molar-refractivity contribution is 0.0624. The highest BCUT2D eigenvalue weighted by Gasteiger charge is 2.40. The lowest BCUT2D eigenvalue weighted by Gasteiger charge is -2.14. The molecule has 0 aromatic rings. The van der Waals surface area contributed by atoms with Crippen molar-refractivity contribution in [3.63, 3.8) is 0 Å². The van der Waals surface area contributed by atoms with Crippen molar-refractivity contribution in [3.8, 4) is 0 Å². The molecule has 0 saturated carbocycles. The monoisotopic (exact) mass is 168 g/mol. The standard InChI is InChI=1S/C10H16O2/c1-2-3-4-8-7-12-9-5-6-11-10(8)9/h2,8-10H,1,3-7H2/t8?,9-,10-/m1/s1. The van der Waals surface area contributed by atoms with Crippen molar-refractivity contribution < 1.29 is 9.47 Å². The van der Waals surface area contributed by atoms with Gasteiger partial charge in [0.05, 0.1) is 18.8 Å². The van der Waals surface area contributed by atoms with Crippen molar-refractivity contribution in [2.24, 2.45) is 5.92 Å². The van der Waals surface area contributed by atoms with Crippen LogP contribution in [0, 0.1) is 5.92 Å². The Morgan fingerprint density at radius 1 is 1.42 bits per heavy atom. The van der Waals surface area contributed by atoms with E-state index in [1.807, 2.05) is 6.08 Å². The second-order valence-electron chi connectivity index (χ2n) is 3.62. The van der Waals surface area contributed by atoms with Crippen LogP contribution in [0.15, 0.2) is 12.7 Å². The van der Waals surface area contributed by atoms with Crippen LogP contribution in [0.1, 0.15) is 19.3 Å². The highest BCUT2D eigenvalue weighted by Crippen LogP contribution is 2.33. The maximum atomic E-state index is 5.63. The Kier molecular flexibility index (Phi) is 2.47. The number of fused-ring (bicyclic) bond motifs is 1. The van der Waals surface area contributed by atoms with Crippen LogP contribution in [0.3, 0.4) is 0 Å². The van der Waals surface area contributed by atoms with E-state index < -0.39 is 0 Å². The van der Waals surface area contributed by atoms with E-state index in [0.29, 0.717) is 18.1 Å². The lowest BCUT2D eigenvalue weighted by atomic mass is 9.97. The Morgan fingerprint density at radius 2 is 2.33 bits per heavy atom. The highest BCUT2D eigenvalue weighted by atomic mass is 16.6. The van der Waals surface area contributed by atoms with Gasteiger partial charge in [0.2, 0.25) is 0 Å². The van der Waals surface area contributed by atoms with E-state index in [9.17, 15) is 0 Å². The molecule has 0 N–H and O–H groups in total. The average Bonchev–Trinajstić information content (AvgIpc) is 2.62. The van der Waals surface area contributed by atoms with E-state index in [0.717, 1.165) is 26.1 Å². The summed E-state index contributed by atoms with van der Waals surface area (Å²) >= 11 is 0. The smallest absolute Gasteiger partial charge is 0.0887 e. The maximum Gasteiger partial charge on any atom is 0.0887 e. The molecule has 2 aliphatic rings. The molecule has 2 fully saturated rings. The molecule has 2 rings (SSSR count). The van der Waals surface area contributed by atoms with Crippen molar-refractivity contribution in [3.05, 3.63) is 12.7 Å². The summed E-state index contributed by atoms with van der Waals surface area (Å²) in [6, 6.07) is 0. The van der Waals surface area contributed by atoms with E-state index in [4.69, 9.17) is 9.47 Å². The summed E-state index contributed by atoms with van der Waals surface area (Å²) in [5, 5.41) is 0. The van der Waals surface area contributed by atoms with Crippen LogP contribution >= 0.6 is 0 Å². The molecule has 0 aliphatic carbocycles. The maximum absolute atomic E-state index is 5.63. The Bertz CT molecular complexity index is 167. The molecule has 0 aromatic heterocycles. The molecule has 68 valence electrons. The van der Waals surface area contributed by atoms with Crippen LogP contribution in [0.4, 0.5) is 0 Å². The van der Waals surface area contributed by atoms with Gasteiger partial charge in [-0.3, -0.25) is 0 Å². The van der Waals surface area contributed by atoms with Crippen molar-refractivity contribution in [2.75, 3.05) is 13.2 Å². The summed E-state index contributed by atoms with van der Waals surface area (Å²) in [4.78, 5) is 0. The van der Waals surface area contributed by atoms with Gasteiger partial charge in [0.1, 0.15) is 0 Å². The van der Waals surface area contributed by atoms with Gasteiger partial charge in [-0.1, -0.05) is 6.08 Å². The first kappa shape index (κ1) is 8.27. The Balaban J connectivity index is 1.86. The minimum absolute atomic E-state index is 0.393. The van der Waals surface area contributed by atoms with Gasteiger partial charge in [-0.25, -0.2) is 0 Å². The largest absolute Gasteiger partial charge is 0.375 e. The predicted octanol–water partition coefficient (Wildman–Crippen LogP) is 1.76. The third kappa shape index (κ3) is 1.41. The Labute approximate surface area is 73.5 Å². The van der Waals surface area contributed by atoms with Gasteiger partial charge in [-0.15, -0.1) is 6.58 Å². The van der Waals surface area contributed by atoms with Gasteiger partial charge in [0.15, 0.2) is 0 Å². The first-order valence-corrected chi connectivity index (χ1v) is 4.76. The summed E-state index contributed by atoms with van der Waals surface area (Å²) < 4.78 is 11.3. The van der Waals surface area contributed by atoms with E-state index in [-0.39, 0.29) is 0 Å². The molecule has 2 heterocycles. The van der Waals surface area contributed by atoms with E-state index in [1.165, 1.54) is 6.42 Å². The zero-order valence-electron chi connectivity index (χ0n) is 7.37. The minimum atomic E-state index is 0.393. The summed E-state index contributed by atoms with van der Waals surface area (Å²) in [5.41, 5.74) is 0. The zero-order chi connectivity index (χ0) is 8.39. The summed E-state index contributed by atoms with van der Waals surface area (Å²) in [6.45, 7) is 5.51. The fourth-order valence-corrected chi connectivity index (χ4v) is 2.13. The van der Waals surface area contributed by atoms with Gasteiger partial charge in [-0.2, -0.15) is 0 Å². The number of allylic oxidation sites excluding steroid dienone is 1. The summed E-state index contributed by atoms with van der Waals surface area (Å²) in [6.07, 6.45) is 6.12. The third-order valence-electron chi connectivity index (χ3n) is 2.81. The van der Waals surface area contributed by atoms with E-state index in [2.05, 4.69) is 6.58 Å². The topological polar surface area (TPSA) is 18.5 Å². The van der Waals surface area contributed by atoms with Crippen LogP contribution in [0.5, 0.6) is 0 Å². The SMILES string of the molecule is C=CCCC1CO[C@@H]2CCO[C@H]12. The lowest BCUT2D eigenvalue weighted by Crippen LogP contribution is -2.22. The third-order valence-corrected chi connectivity index (χ3v) is 2.81. The van der Waals surface area contributed by atoms with Crippen LogP contribution in [-0.4, -0.2) is 25.4 Å². The molecule has 2 saturated heterocycles. The van der Waals surface area contributed by atoms with Crippen molar-refractivity contribution in [1.29, 1.82) is 0 Å². The molecule has 0 bridgehead atoms. The average molecular weight is 168 g/mol. The van der Waals surface area contributed by atoms with Gasteiger partial charge < -0.3 is 9.47 Å². The molecule has 1 unspecified atom stereocenters. The summed E-state index contributed by atoms with van der Waals surface area (Å²) in [5.74, 6) is 0.621. The van der Waals surface area contributed by atoms with Crippen LogP contribution in [0.2, 0.25) is 0 Å².